The molecule has 2 heterocycles. The highest BCUT2D eigenvalue weighted by Gasteiger charge is 2.33. The molecule has 0 radical (unpaired) electrons. The standard InChI is InChI=1S/C14H16N2O3/c1-15-6-10(9-4-2-3-5-11(9)15)14(19)16-7-12(17)13(18)8-16/h2-6,12-13,17-18H,7-8H2,1H3/t12-,13-/m1/s1. The van der Waals surface area contributed by atoms with Crippen LogP contribution in [0.25, 0.3) is 10.9 Å². The van der Waals surface area contributed by atoms with E-state index in [0.29, 0.717) is 5.56 Å². The zero-order chi connectivity index (χ0) is 13.6. The summed E-state index contributed by atoms with van der Waals surface area (Å²) in [6.07, 6.45) is 0.0993. The van der Waals surface area contributed by atoms with Crippen LogP contribution in [-0.2, 0) is 7.05 Å². The largest absolute Gasteiger partial charge is 0.388 e. The molecule has 19 heavy (non-hydrogen) atoms. The first-order chi connectivity index (χ1) is 9.08. The number of nitrogens with zero attached hydrogens (tertiary/aromatic N) is 2. The lowest BCUT2D eigenvalue weighted by Crippen LogP contribution is -2.29. The van der Waals surface area contributed by atoms with E-state index < -0.39 is 12.2 Å². The molecular formula is C14H16N2O3. The molecule has 1 aliphatic heterocycles. The first kappa shape index (κ1) is 12.2. The van der Waals surface area contributed by atoms with Crippen LogP contribution in [0.2, 0.25) is 0 Å². The molecule has 1 aromatic carbocycles. The first-order valence-electron chi connectivity index (χ1n) is 6.27. The molecule has 0 bridgehead atoms. The van der Waals surface area contributed by atoms with Gasteiger partial charge in [-0.05, 0) is 6.07 Å². The second-order valence-corrected chi connectivity index (χ2v) is 5.02. The minimum absolute atomic E-state index is 0.146. The van der Waals surface area contributed by atoms with Gasteiger partial charge in [0.1, 0.15) is 0 Å². The lowest BCUT2D eigenvalue weighted by molar-refractivity contribution is 0.0572. The summed E-state index contributed by atoms with van der Waals surface area (Å²) in [7, 11) is 1.90. The molecule has 0 saturated carbocycles. The van der Waals surface area contributed by atoms with Crippen molar-refractivity contribution >= 4 is 16.8 Å². The van der Waals surface area contributed by atoms with Crippen LogP contribution in [-0.4, -0.2) is 50.9 Å². The third-order valence-corrected chi connectivity index (χ3v) is 3.67. The minimum Gasteiger partial charge on any atom is -0.388 e. The van der Waals surface area contributed by atoms with Crippen molar-refractivity contribution in [2.75, 3.05) is 13.1 Å². The molecule has 5 heteroatoms. The fourth-order valence-electron chi connectivity index (χ4n) is 2.62. The molecule has 3 rings (SSSR count). The maximum absolute atomic E-state index is 12.5. The second kappa shape index (κ2) is 4.36. The Hall–Kier alpha value is -1.85. The molecule has 2 N–H and O–H groups in total. The van der Waals surface area contributed by atoms with Gasteiger partial charge >= 0.3 is 0 Å². The maximum atomic E-state index is 12.5. The van der Waals surface area contributed by atoms with Gasteiger partial charge in [-0.15, -0.1) is 0 Å². The van der Waals surface area contributed by atoms with Gasteiger partial charge in [-0.2, -0.15) is 0 Å². The number of rotatable bonds is 1. The number of aliphatic hydroxyl groups excluding tert-OH is 2. The number of β-amino-alcohol motifs (C(OH)–C–C–N with tert-alkyl or cyclic N) is 2. The van der Waals surface area contributed by atoms with E-state index in [9.17, 15) is 15.0 Å². The van der Waals surface area contributed by atoms with Crippen LogP contribution in [0.3, 0.4) is 0 Å². The normalized spacial score (nSPS) is 23.2. The molecule has 1 aromatic heterocycles. The Bertz CT molecular complexity index is 625. The highest BCUT2D eigenvalue weighted by Crippen LogP contribution is 2.23. The topological polar surface area (TPSA) is 65.7 Å². The lowest BCUT2D eigenvalue weighted by Gasteiger charge is -2.14. The number of likely N-dealkylation sites (tertiary alicyclic amines) is 1. The number of hydrogen-bond donors (Lipinski definition) is 2. The number of amides is 1. The van der Waals surface area contributed by atoms with Crippen molar-refractivity contribution in [1.29, 1.82) is 0 Å². The number of aryl methyl sites for hydroxylation is 1. The number of aromatic nitrogens is 1. The average molecular weight is 260 g/mol. The van der Waals surface area contributed by atoms with Gasteiger partial charge in [0.15, 0.2) is 0 Å². The van der Waals surface area contributed by atoms with Gasteiger partial charge < -0.3 is 19.7 Å². The number of hydrogen-bond acceptors (Lipinski definition) is 3. The van der Waals surface area contributed by atoms with E-state index in [1.54, 1.807) is 6.20 Å². The van der Waals surface area contributed by atoms with Crippen LogP contribution in [0.5, 0.6) is 0 Å². The number of fused-ring (bicyclic) bond motifs is 1. The molecule has 0 spiro atoms. The maximum Gasteiger partial charge on any atom is 0.256 e. The molecule has 1 aliphatic rings. The summed E-state index contributed by atoms with van der Waals surface area (Å²) in [6, 6.07) is 7.69. The van der Waals surface area contributed by atoms with Gasteiger partial charge in [-0.3, -0.25) is 4.79 Å². The van der Waals surface area contributed by atoms with Crippen LogP contribution in [0.15, 0.2) is 30.5 Å². The van der Waals surface area contributed by atoms with Crippen LogP contribution >= 0.6 is 0 Å². The van der Waals surface area contributed by atoms with Crippen molar-refractivity contribution in [3.8, 4) is 0 Å². The molecule has 0 unspecified atom stereocenters. The number of carbonyl (C=O) groups excluding carboxylic acids is 1. The van der Waals surface area contributed by atoms with Gasteiger partial charge in [0.25, 0.3) is 5.91 Å². The van der Waals surface area contributed by atoms with Gasteiger partial charge in [0.05, 0.1) is 17.8 Å². The van der Waals surface area contributed by atoms with Crippen molar-refractivity contribution in [2.24, 2.45) is 7.05 Å². The number of carbonyl (C=O) groups is 1. The Labute approximate surface area is 110 Å². The Morgan fingerprint density at radius 2 is 1.84 bits per heavy atom. The van der Waals surface area contributed by atoms with E-state index in [1.165, 1.54) is 4.90 Å². The van der Waals surface area contributed by atoms with Gasteiger partial charge in [-0.25, -0.2) is 0 Å². The van der Waals surface area contributed by atoms with Crippen LogP contribution in [0, 0.1) is 0 Å². The average Bonchev–Trinajstić information content (AvgIpc) is 2.91. The Morgan fingerprint density at radius 1 is 1.21 bits per heavy atom. The molecule has 1 saturated heterocycles. The van der Waals surface area contributed by atoms with E-state index in [4.69, 9.17) is 0 Å². The second-order valence-electron chi connectivity index (χ2n) is 5.02. The monoisotopic (exact) mass is 260 g/mol. The van der Waals surface area contributed by atoms with E-state index in [-0.39, 0.29) is 19.0 Å². The summed E-state index contributed by atoms with van der Waals surface area (Å²) in [5, 5.41) is 20.0. The highest BCUT2D eigenvalue weighted by molar-refractivity contribution is 6.07. The summed E-state index contributed by atoms with van der Waals surface area (Å²) in [4.78, 5) is 14.0. The molecule has 1 fully saturated rings. The van der Waals surface area contributed by atoms with Crippen molar-refractivity contribution in [3.63, 3.8) is 0 Å². The van der Waals surface area contributed by atoms with E-state index in [0.717, 1.165) is 10.9 Å². The summed E-state index contributed by atoms with van der Waals surface area (Å²) in [5.74, 6) is -0.146. The lowest BCUT2D eigenvalue weighted by atomic mass is 10.1. The minimum atomic E-state index is -0.848. The highest BCUT2D eigenvalue weighted by atomic mass is 16.3. The molecule has 1 amide bonds. The van der Waals surface area contributed by atoms with Gasteiger partial charge in [0, 0.05) is 37.2 Å². The third-order valence-electron chi connectivity index (χ3n) is 3.67. The summed E-state index contributed by atoms with van der Waals surface area (Å²) >= 11 is 0. The predicted octanol–water partition coefficient (Wildman–Crippen LogP) is 0.356. The van der Waals surface area contributed by atoms with Crippen LogP contribution in [0.4, 0.5) is 0 Å². The molecule has 2 atom stereocenters. The third kappa shape index (κ3) is 1.91. The fraction of sp³-hybridized carbons (Fsp3) is 0.357. The Morgan fingerprint density at radius 3 is 2.53 bits per heavy atom. The smallest absolute Gasteiger partial charge is 0.256 e. The summed E-state index contributed by atoms with van der Waals surface area (Å²) in [6.45, 7) is 0.368. The van der Waals surface area contributed by atoms with Crippen molar-refractivity contribution in [1.82, 2.24) is 9.47 Å². The molecular weight excluding hydrogens is 244 g/mol. The molecule has 100 valence electrons. The first-order valence-corrected chi connectivity index (χ1v) is 6.27. The number of aliphatic hydroxyl groups is 2. The van der Waals surface area contributed by atoms with E-state index in [2.05, 4.69) is 0 Å². The van der Waals surface area contributed by atoms with Crippen molar-refractivity contribution in [3.05, 3.63) is 36.0 Å². The van der Waals surface area contributed by atoms with Crippen LogP contribution < -0.4 is 0 Å². The number of para-hydroxylation sites is 1. The van der Waals surface area contributed by atoms with Crippen molar-refractivity contribution < 1.29 is 15.0 Å². The fourth-order valence-corrected chi connectivity index (χ4v) is 2.62. The Kier molecular flexibility index (Phi) is 2.80. The van der Waals surface area contributed by atoms with Gasteiger partial charge in [-0.1, -0.05) is 18.2 Å². The molecule has 2 aromatic rings. The van der Waals surface area contributed by atoms with E-state index >= 15 is 0 Å². The van der Waals surface area contributed by atoms with Gasteiger partial charge in [0.2, 0.25) is 0 Å². The van der Waals surface area contributed by atoms with E-state index in [1.807, 2.05) is 35.9 Å². The Balaban J connectivity index is 1.99. The summed E-state index contributed by atoms with van der Waals surface area (Å²) in [5.41, 5.74) is 1.60. The molecule has 0 aliphatic carbocycles. The SMILES string of the molecule is Cn1cc(C(=O)N2C[C@@H](O)[C@H](O)C2)c2ccccc21. The van der Waals surface area contributed by atoms with Crippen molar-refractivity contribution in [2.45, 2.75) is 12.2 Å². The van der Waals surface area contributed by atoms with Crippen LogP contribution in [0.1, 0.15) is 10.4 Å². The summed E-state index contributed by atoms with van der Waals surface area (Å²) < 4.78 is 1.91. The number of benzene rings is 1. The zero-order valence-corrected chi connectivity index (χ0v) is 10.7. The molecule has 5 nitrogen and oxygen atoms in total. The zero-order valence-electron chi connectivity index (χ0n) is 10.7. The predicted molar refractivity (Wildman–Crippen MR) is 70.8 cm³/mol. The quantitative estimate of drug-likeness (QED) is 0.778.